The minimum atomic E-state index is 0. The van der Waals surface area contributed by atoms with Gasteiger partial charge in [0.1, 0.15) is 0 Å². The summed E-state index contributed by atoms with van der Waals surface area (Å²) in [6.07, 6.45) is 1.77. The van der Waals surface area contributed by atoms with Gasteiger partial charge in [-0.25, -0.2) is 0 Å². The molecule has 5 heteroatoms. The lowest BCUT2D eigenvalue weighted by Gasteiger charge is -1.95. The molecule has 0 aliphatic rings. The number of halogens is 1. The predicted octanol–water partition coefficient (Wildman–Crippen LogP) is 2.49. The number of rotatable bonds is 1. The van der Waals surface area contributed by atoms with Gasteiger partial charge in [0, 0.05) is 17.5 Å². The Kier molecular flexibility index (Phi) is 10.6. The Bertz CT molecular complexity index is 170. The van der Waals surface area contributed by atoms with E-state index in [1.54, 1.807) is 23.0 Å². The molecule has 0 aliphatic heterocycles. The molecule has 1 heterocycles. The highest BCUT2D eigenvalue weighted by Crippen LogP contribution is 1.88. The summed E-state index contributed by atoms with van der Waals surface area (Å²) in [5, 5.41) is 1.93. The molecule has 0 atom stereocenters. The van der Waals surface area contributed by atoms with Crippen LogP contribution in [0.1, 0.15) is 13.8 Å². The monoisotopic (exact) mass is 224 g/mol. The summed E-state index contributed by atoms with van der Waals surface area (Å²) in [6.45, 7) is 3.95. The van der Waals surface area contributed by atoms with Crippen LogP contribution in [0.25, 0.3) is 0 Å². The van der Waals surface area contributed by atoms with Gasteiger partial charge in [-0.05, 0) is 0 Å². The summed E-state index contributed by atoms with van der Waals surface area (Å²) in [5.41, 5.74) is 6.96. The van der Waals surface area contributed by atoms with Crippen molar-refractivity contribution in [1.29, 1.82) is 0 Å². The van der Waals surface area contributed by atoms with Crippen LogP contribution in [0.2, 0.25) is 0 Å². The van der Waals surface area contributed by atoms with Crippen molar-refractivity contribution in [2.75, 3.05) is 0 Å². The number of nitrogens with two attached hydrogens (primary N) is 1. The Balaban J connectivity index is 0. The number of thiocarbonyl (C=S) groups is 1. The molecular weight excluding hydrogens is 212 g/mol. The van der Waals surface area contributed by atoms with Crippen LogP contribution >= 0.6 is 36.0 Å². The zero-order chi connectivity index (χ0) is 8.69. The van der Waals surface area contributed by atoms with Crippen LogP contribution in [-0.2, 0) is 0 Å². The van der Waals surface area contributed by atoms with Crippen LogP contribution in [0.15, 0.2) is 17.1 Å². The maximum atomic E-state index is 5.17. The first kappa shape index (κ1) is 14.3. The number of hydrogen-bond donors (Lipinski definition) is 1. The Morgan fingerprint density at radius 2 is 2.08 bits per heavy atom. The molecule has 0 saturated heterocycles. The maximum absolute atomic E-state index is 5.17. The van der Waals surface area contributed by atoms with Crippen LogP contribution in [-0.4, -0.2) is 9.97 Å². The van der Waals surface area contributed by atoms with Crippen LogP contribution in [0.4, 0.5) is 0 Å². The van der Waals surface area contributed by atoms with Crippen molar-refractivity contribution in [3.63, 3.8) is 0 Å². The van der Waals surface area contributed by atoms with Gasteiger partial charge in [0.25, 0.3) is 0 Å². The fraction of sp³-hybridized carbons (Fsp3) is 0.429. The molecular formula is C7H13ClN2S2. The maximum Gasteiger partial charge on any atom is 0.0791 e. The summed E-state index contributed by atoms with van der Waals surface area (Å²) >= 11 is 6.20. The van der Waals surface area contributed by atoms with Crippen molar-refractivity contribution in [3.05, 3.63) is 17.1 Å². The highest BCUT2D eigenvalue weighted by molar-refractivity contribution is 7.80. The van der Waals surface area contributed by atoms with E-state index in [1.165, 1.54) is 0 Å². The SMILES string of the molecule is CC(C)C(N)=S.Cl.c1cscn1. The predicted molar refractivity (Wildman–Crippen MR) is 61.0 cm³/mol. The van der Waals surface area contributed by atoms with Gasteiger partial charge < -0.3 is 5.73 Å². The third-order valence-electron chi connectivity index (χ3n) is 0.916. The Hall–Kier alpha value is -0.190. The summed E-state index contributed by atoms with van der Waals surface area (Å²) in [7, 11) is 0. The average molecular weight is 225 g/mol. The smallest absolute Gasteiger partial charge is 0.0791 e. The van der Waals surface area contributed by atoms with Crippen LogP contribution in [0.3, 0.4) is 0 Å². The van der Waals surface area contributed by atoms with Gasteiger partial charge in [-0.2, -0.15) is 0 Å². The summed E-state index contributed by atoms with van der Waals surface area (Å²) in [6, 6.07) is 0. The molecule has 0 saturated carbocycles. The fourth-order valence-electron chi connectivity index (χ4n) is 0.176. The normalized spacial score (nSPS) is 7.92. The van der Waals surface area contributed by atoms with Gasteiger partial charge in [0.15, 0.2) is 0 Å². The first-order valence-corrected chi connectivity index (χ1v) is 4.61. The third kappa shape index (κ3) is 9.81. The molecule has 0 amide bonds. The largest absolute Gasteiger partial charge is 0.393 e. The summed E-state index contributed by atoms with van der Waals surface area (Å²) < 4.78 is 0. The minimum absolute atomic E-state index is 0. The van der Waals surface area contributed by atoms with Gasteiger partial charge in [0.05, 0.1) is 10.5 Å². The van der Waals surface area contributed by atoms with E-state index in [2.05, 4.69) is 17.2 Å². The Labute approximate surface area is 88.6 Å². The van der Waals surface area contributed by atoms with Crippen molar-refractivity contribution in [2.24, 2.45) is 11.7 Å². The standard InChI is InChI=1S/C4H9NS.C3H3NS.ClH/c1-3(2)4(5)6;1-2-5-3-4-1;/h3H,1-2H3,(H2,5,6);1-3H;1H. The highest BCUT2D eigenvalue weighted by Gasteiger charge is 1.91. The zero-order valence-electron chi connectivity index (χ0n) is 7.06. The van der Waals surface area contributed by atoms with Gasteiger partial charge in [-0.1, -0.05) is 26.1 Å². The zero-order valence-corrected chi connectivity index (χ0v) is 9.51. The van der Waals surface area contributed by atoms with E-state index in [0.717, 1.165) is 0 Å². The number of aromatic nitrogens is 1. The summed E-state index contributed by atoms with van der Waals surface area (Å²) in [4.78, 5) is 4.33. The van der Waals surface area contributed by atoms with Crippen molar-refractivity contribution in [3.8, 4) is 0 Å². The van der Waals surface area contributed by atoms with E-state index < -0.39 is 0 Å². The average Bonchev–Trinajstić information content (AvgIpc) is 2.41. The quantitative estimate of drug-likeness (QED) is 0.746. The van der Waals surface area contributed by atoms with Crippen LogP contribution < -0.4 is 5.73 Å². The molecule has 0 aromatic carbocycles. The van der Waals surface area contributed by atoms with E-state index in [1.807, 2.05) is 19.2 Å². The Morgan fingerprint density at radius 3 is 2.17 bits per heavy atom. The van der Waals surface area contributed by atoms with Gasteiger partial charge >= 0.3 is 0 Å². The second-order valence-corrected chi connectivity index (χ2v) is 3.46. The minimum Gasteiger partial charge on any atom is -0.393 e. The van der Waals surface area contributed by atoms with Crippen LogP contribution in [0, 0.1) is 5.92 Å². The molecule has 1 aromatic heterocycles. The second kappa shape index (κ2) is 8.90. The first-order chi connectivity index (χ1) is 5.14. The molecule has 0 aliphatic carbocycles. The molecule has 0 spiro atoms. The van der Waals surface area contributed by atoms with Gasteiger partial charge in [-0.3, -0.25) is 4.98 Å². The van der Waals surface area contributed by atoms with Crippen molar-refractivity contribution in [2.45, 2.75) is 13.8 Å². The molecule has 2 N–H and O–H groups in total. The van der Waals surface area contributed by atoms with Crippen molar-refractivity contribution >= 4 is 41.0 Å². The molecule has 12 heavy (non-hydrogen) atoms. The summed E-state index contributed by atoms with van der Waals surface area (Å²) in [5.74, 6) is 0.361. The van der Waals surface area contributed by atoms with Gasteiger partial charge in [-0.15, -0.1) is 23.7 Å². The molecule has 2 nitrogen and oxygen atoms in total. The van der Waals surface area contributed by atoms with Crippen LogP contribution in [0.5, 0.6) is 0 Å². The Morgan fingerprint density at radius 1 is 1.58 bits per heavy atom. The number of hydrogen-bond acceptors (Lipinski definition) is 3. The van der Waals surface area contributed by atoms with E-state index in [0.29, 0.717) is 10.9 Å². The first-order valence-electron chi connectivity index (χ1n) is 3.26. The lowest BCUT2D eigenvalue weighted by Crippen LogP contribution is -2.14. The second-order valence-electron chi connectivity index (χ2n) is 2.23. The molecule has 0 unspecified atom stereocenters. The molecule has 0 bridgehead atoms. The van der Waals surface area contributed by atoms with E-state index in [-0.39, 0.29) is 12.4 Å². The highest BCUT2D eigenvalue weighted by atomic mass is 35.5. The van der Waals surface area contributed by atoms with E-state index in [4.69, 9.17) is 5.73 Å². The molecule has 0 radical (unpaired) electrons. The van der Waals surface area contributed by atoms with Gasteiger partial charge in [0.2, 0.25) is 0 Å². The number of nitrogens with zero attached hydrogens (tertiary/aromatic N) is 1. The lowest BCUT2D eigenvalue weighted by atomic mass is 10.2. The topological polar surface area (TPSA) is 38.9 Å². The lowest BCUT2D eigenvalue weighted by molar-refractivity contribution is 0.891. The molecule has 0 fully saturated rings. The fourth-order valence-corrected chi connectivity index (χ4v) is 0.527. The molecule has 70 valence electrons. The third-order valence-corrected chi connectivity index (χ3v) is 1.91. The number of thiazole rings is 1. The van der Waals surface area contributed by atoms with E-state index >= 15 is 0 Å². The van der Waals surface area contributed by atoms with E-state index in [9.17, 15) is 0 Å². The van der Waals surface area contributed by atoms with Crippen molar-refractivity contribution in [1.82, 2.24) is 4.98 Å². The molecule has 1 aromatic rings. The van der Waals surface area contributed by atoms with Crippen molar-refractivity contribution < 1.29 is 0 Å². The molecule has 1 rings (SSSR count).